The van der Waals surface area contributed by atoms with Crippen LogP contribution >= 0.6 is 0 Å². The first-order valence-electron chi connectivity index (χ1n) is 25.5. The predicted molar refractivity (Wildman–Crippen MR) is 294 cm³/mol. The molecule has 2 aliphatic carbocycles. The van der Waals surface area contributed by atoms with Gasteiger partial charge in [0, 0.05) is 66.6 Å². The molecule has 0 bridgehead atoms. The Labute approximate surface area is 418 Å². The summed E-state index contributed by atoms with van der Waals surface area (Å²) in [6.45, 7) is 2.42. The Morgan fingerprint density at radius 3 is 2.03 bits per heavy atom. The first-order chi connectivity index (χ1) is 35.6. The molecule has 0 radical (unpaired) electrons. The summed E-state index contributed by atoms with van der Waals surface area (Å²) in [5, 5.41) is 4.71. The van der Waals surface area contributed by atoms with E-state index in [1.165, 1.54) is 56.9 Å². The van der Waals surface area contributed by atoms with Crippen LogP contribution in [0.25, 0.3) is 71.7 Å². The smallest absolute Gasteiger partial charge is 0.143 e. The number of anilines is 3. The van der Waals surface area contributed by atoms with E-state index in [2.05, 4.69) is 223 Å². The van der Waals surface area contributed by atoms with Gasteiger partial charge in [0.1, 0.15) is 34.5 Å². The van der Waals surface area contributed by atoms with Crippen LogP contribution in [0.3, 0.4) is 0 Å². The van der Waals surface area contributed by atoms with Crippen LogP contribution in [0.2, 0.25) is 0 Å². The highest BCUT2D eigenvalue weighted by molar-refractivity contribution is 6.12. The van der Waals surface area contributed by atoms with E-state index in [-0.39, 0.29) is 17.4 Å². The van der Waals surface area contributed by atoms with E-state index in [1.54, 1.807) is 0 Å². The van der Waals surface area contributed by atoms with E-state index in [1.807, 2.05) is 12.1 Å². The molecule has 1 saturated carbocycles. The second kappa shape index (κ2) is 16.0. The van der Waals surface area contributed by atoms with Gasteiger partial charge in [-0.05, 0) is 120 Å². The average Bonchev–Trinajstić information content (AvgIpc) is 4.21. The molecule has 4 atom stereocenters. The molecular formula is C67H50N2O3. The lowest BCUT2D eigenvalue weighted by molar-refractivity contribution is 0.0791. The van der Waals surface area contributed by atoms with Crippen LogP contribution in [0.15, 0.2) is 229 Å². The van der Waals surface area contributed by atoms with Crippen LogP contribution in [0, 0.1) is 0 Å². The first-order valence-corrected chi connectivity index (χ1v) is 25.5. The van der Waals surface area contributed by atoms with E-state index in [4.69, 9.17) is 13.9 Å². The van der Waals surface area contributed by atoms with Gasteiger partial charge in [0.15, 0.2) is 0 Å². The normalized spacial score (nSPS) is 19.8. The van der Waals surface area contributed by atoms with Gasteiger partial charge in [-0.3, -0.25) is 0 Å². The van der Waals surface area contributed by atoms with Crippen LogP contribution in [-0.2, 0) is 5.41 Å². The average molecular weight is 931 g/mol. The molecule has 0 amide bonds. The lowest BCUT2D eigenvalue weighted by atomic mass is 9.64. The van der Waals surface area contributed by atoms with Crippen LogP contribution < -0.4 is 14.4 Å². The maximum absolute atomic E-state index is 6.81. The number of para-hydroxylation sites is 5. The zero-order chi connectivity index (χ0) is 47.5. The molecule has 9 aromatic carbocycles. The molecule has 15 rings (SSSR count). The molecule has 0 spiro atoms. The highest BCUT2D eigenvalue weighted by Crippen LogP contribution is 2.54. The van der Waals surface area contributed by atoms with Crippen molar-refractivity contribution in [1.82, 2.24) is 4.57 Å². The number of hydrogen-bond donors (Lipinski definition) is 0. The SMILES string of the molecule is CC1(c2ccc(N(c3ccc(-c4ccc5c(c4)c4ccccc4n5C4=C5Oc6ccccc6C5CC=C4)cc3)c3ccc(-c4cccc5c4oc4ccccc45)cc3)cc2)CCCC2c3ccccc3OC21. The fourth-order valence-electron chi connectivity index (χ4n) is 13.0. The molecule has 0 N–H and O–H groups in total. The van der Waals surface area contributed by atoms with Crippen molar-refractivity contribution in [2.75, 3.05) is 4.90 Å². The fraction of sp³-hybridized carbons (Fsp3) is 0.134. The number of allylic oxidation sites excluding steroid dienone is 4. The molecular weight excluding hydrogens is 881 g/mol. The first kappa shape index (κ1) is 41.3. The standard InChI is InChI=1S/C67H50N2O3/c1-67(40-12-20-56-53-16-5-9-25-63(53)72-66(56)67)45-31-37-48(38-32-45)68(47-35-28-43(29-36-47)49-17-10-18-54-51-14-3-7-23-61(51)70-64(49)54)46-33-26-42(27-34-46)44-30-39-59-57(41-44)50-13-2-6-21-58(50)69(59)60-22-11-19-55-52-15-4-8-24-62(52)71-65(55)60/h2-11,13-18,21-39,41,55-56,66H,12,19-20,40H2,1H3. The van der Waals surface area contributed by atoms with Gasteiger partial charge in [-0.15, -0.1) is 0 Å². The molecule has 5 heteroatoms. The van der Waals surface area contributed by atoms with E-state index >= 15 is 0 Å². The molecule has 5 nitrogen and oxygen atoms in total. The third-order valence-corrected chi connectivity index (χ3v) is 16.5. The molecule has 4 heterocycles. The number of rotatable bonds is 7. The van der Waals surface area contributed by atoms with Gasteiger partial charge < -0.3 is 23.4 Å². The third-order valence-electron chi connectivity index (χ3n) is 16.5. The van der Waals surface area contributed by atoms with Gasteiger partial charge in [0.05, 0.1) is 22.6 Å². The number of hydrogen-bond acceptors (Lipinski definition) is 4. The van der Waals surface area contributed by atoms with Crippen LogP contribution in [-0.4, -0.2) is 10.7 Å². The molecule has 0 saturated heterocycles. The zero-order valence-corrected chi connectivity index (χ0v) is 40.0. The summed E-state index contributed by atoms with van der Waals surface area (Å²) in [5.41, 5.74) is 16.9. The third kappa shape index (κ3) is 6.26. The topological polar surface area (TPSA) is 39.8 Å². The van der Waals surface area contributed by atoms with Crippen molar-refractivity contribution >= 4 is 66.5 Å². The highest BCUT2D eigenvalue weighted by atomic mass is 16.5. The molecule has 1 fully saturated rings. The summed E-state index contributed by atoms with van der Waals surface area (Å²) >= 11 is 0. The summed E-state index contributed by atoms with van der Waals surface area (Å²) in [6, 6.07) is 74.9. The predicted octanol–water partition coefficient (Wildman–Crippen LogP) is 17.8. The van der Waals surface area contributed by atoms with Gasteiger partial charge in [0.2, 0.25) is 0 Å². The van der Waals surface area contributed by atoms with Gasteiger partial charge >= 0.3 is 0 Å². The summed E-state index contributed by atoms with van der Waals surface area (Å²) in [5.74, 6) is 3.68. The minimum absolute atomic E-state index is 0.108. The Morgan fingerprint density at radius 2 is 1.21 bits per heavy atom. The summed E-state index contributed by atoms with van der Waals surface area (Å²) in [4.78, 5) is 2.38. The van der Waals surface area contributed by atoms with Crippen LogP contribution in [0.4, 0.5) is 17.1 Å². The molecule has 4 aliphatic rings. The zero-order valence-electron chi connectivity index (χ0n) is 40.0. The second-order valence-corrected chi connectivity index (χ2v) is 20.4. The van der Waals surface area contributed by atoms with Gasteiger partial charge in [0.25, 0.3) is 0 Å². The number of aromatic nitrogens is 1. The van der Waals surface area contributed by atoms with Crippen molar-refractivity contribution in [3.63, 3.8) is 0 Å². The van der Waals surface area contributed by atoms with E-state index in [0.717, 1.165) is 91.5 Å². The van der Waals surface area contributed by atoms with Crippen molar-refractivity contribution in [2.24, 2.45) is 0 Å². The minimum atomic E-state index is -0.108. The lowest BCUT2D eigenvalue weighted by Gasteiger charge is -2.42. The van der Waals surface area contributed by atoms with Gasteiger partial charge in [-0.2, -0.15) is 0 Å². The maximum atomic E-state index is 6.81. The van der Waals surface area contributed by atoms with Crippen molar-refractivity contribution in [1.29, 1.82) is 0 Å². The Kier molecular flexibility index (Phi) is 9.17. The van der Waals surface area contributed by atoms with Crippen LogP contribution in [0.5, 0.6) is 11.5 Å². The molecule has 2 aliphatic heterocycles. The van der Waals surface area contributed by atoms with E-state index < -0.39 is 0 Å². The Hall–Kier alpha value is -8.54. The van der Waals surface area contributed by atoms with Crippen molar-refractivity contribution in [3.8, 4) is 33.8 Å². The maximum Gasteiger partial charge on any atom is 0.143 e. The number of fused-ring (bicyclic) bond motifs is 12. The highest BCUT2D eigenvalue weighted by Gasteiger charge is 2.49. The van der Waals surface area contributed by atoms with Crippen molar-refractivity contribution in [3.05, 3.63) is 241 Å². The number of nitrogens with zero attached hydrogens (tertiary/aromatic N) is 2. The van der Waals surface area contributed by atoms with Crippen molar-refractivity contribution < 1.29 is 13.9 Å². The van der Waals surface area contributed by atoms with Crippen LogP contribution in [0.1, 0.15) is 61.1 Å². The fourth-order valence-corrected chi connectivity index (χ4v) is 13.0. The molecule has 72 heavy (non-hydrogen) atoms. The second-order valence-electron chi connectivity index (χ2n) is 20.4. The number of benzene rings is 9. The largest absolute Gasteiger partial charge is 0.489 e. The number of furan rings is 1. The summed E-state index contributed by atoms with van der Waals surface area (Å²) in [6.07, 6.45) is 9.05. The Bertz CT molecular complexity index is 4020. The minimum Gasteiger partial charge on any atom is -0.489 e. The lowest BCUT2D eigenvalue weighted by Crippen LogP contribution is -2.45. The molecule has 346 valence electrons. The Balaban J connectivity index is 0.802. The van der Waals surface area contributed by atoms with E-state index in [0.29, 0.717) is 5.92 Å². The number of ether oxygens (including phenoxy) is 2. The molecule has 11 aromatic rings. The van der Waals surface area contributed by atoms with Gasteiger partial charge in [-0.25, -0.2) is 0 Å². The monoisotopic (exact) mass is 930 g/mol. The quantitative estimate of drug-likeness (QED) is 0.160. The molecule has 4 unspecified atom stereocenters. The summed E-state index contributed by atoms with van der Waals surface area (Å²) in [7, 11) is 0. The van der Waals surface area contributed by atoms with Crippen molar-refractivity contribution in [2.45, 2.75) is 56.0 Å². The molecule has 2 aromatic heterocycles. The van der Waals surface area contributed by atoms with Gasteiger partial charge in [-0.1, -0.05) is 153 Å². The summed E-state index contributed by atoms with van der Waals surface area (Å²) < 4.78 is 22.3. The Morgan fingerprint density at radius 1 is 0.556 bits per heavy atom. The van der Waals surface area contributed by atoms with E-state index in [9.17, 15) is 0 Å².